The number of hydrogen-bond donors (Lipinski definition) is 2. The molecule has 6 aliphatic rings. The lowest BCUT2D eigenvalue weighted by molar-refractivity contribution is -0.220. The van der Waals surface area contributed by atoms with E-state index in [1.165, 1.54) is 6.92 Å². The first-order valence-electron chi connectivity index (χ1n) is 11.7. The Kier molecular flexibility index (Phi) is 3.55. The molecule has 160 valence electrons. The average molecular weight is 402 g/mol. The van der Waals surface area contributed by atoms with Gasteiger partial charge in [0.25, 0.3) is 0 Å². The van der Waals surface area contributed by atoms with E-state index in [2.05, 4.69) is 25.3 Å². The molecule has 2 spiro atoms. The molecule has 7 bridgehead atoms. The van der Waals surface area contributed by atoms with Crippen molar-refractivity contribution in [3.63, 3.8) is 0 Å². The van der Waals surface area contributed by atoms with Crippen molar-refractivity contribution >= 4 is 5.97 Å². The molecular formula is C24H35NO4. The van der Waals surface area contributed by atoms with Gasteiger partial charge in [-0.2, -0.15) is 0 Å². The summed E-state index contributed by atoms with van der Waals surface area (Å²) in [4.78, 5) is 14.5. The van der Waals surface area contributed by atoms with Crippen LogP contribution in [-0.4, -0.2) is 58.5 Å². The summed E-state index contributed by atoms with van der Waals surface area (Å²) in [5.41, 5.74) is 0.724. The highest BCUT2D eigenvalue weighted by atomic mass is 16.5. The maximum absolute atomic E-state index is 11.9. The summed E-state index contributed by atoms with van der Waals surface area (Å²) in [6.07, 6.45) is 3.63. The van der Waals surface area contributed by atoms with Gasteiger partial charge in [0, 0.05) is 36.3 Å². The molecule has 0 aromatic carbocycles. The van der Waals surface area contributed by atoms with Crippen LogP contribution in [0.2, 0.25) is 0 Å². The molecule has 11 atom stereocenters. The highest BCUT2D eigenvalue weighted by Crippen LogP contribution is 2.83. The van der Waals surface area contributed by atoms with Crippen molar-refractivity contribution in [3.05, 3.63) is 12.2 Å². The van der Waals surface area contributed by atoms with Gasteiger partial charge in [-0.25, -0.2) is 0 Å². The van der Waals surface area contributed by atoms with Gasteiger partial charge >= 0.3 is 5.97 Å². The van der Waals surface area contributed by atoms with E-state index < -0.39 is 6.10 Å². The van der Waals surface area contributed by atoms with Crippen LogP contribution in [0.1, 0.15) is 52.9 Å². The predicted octanol–water partition coefficient (Wildman–Crippen LogP) is 2.36. The third kappa shape index (κ3) is 1.81. The number of aliphatic hydroxyl groups excluding tert-OH is 2. The quantitative estimate of drug-likeness (QED) is 0.549. The Morgan fingerprint density at radius 2 is 2.07 bits per heavy atom. The summed E-state index contributed by atoms with van der Waals surface area (Å²) in [6.45, 7) is 12.6. The Morgan fingerprint density at radius 1 is 1.31 bits per heavy atom. The maximum atomic E-state index is 11.9. The van der Waals surface area contributed by atoms with Crippen LogP contribution in [0.25, 0.3) is 0 Å². The van der Waals surface area contributed by atoms with E-state index in [4.69, 9.17) is 4.74 Å². The van der Waals surface area contributed by atoms with Crippen LogP contribution < -0.4 is 0 Å². The van der Waals surface area contributed by atoms with E-state index in [9.17, 15) is 15.0 Å². The van der Waals surface area contributed by atoms with E-state index in [-0.39, 0.29) is 46.3 Å². The standard InChI is InChI=1S/C24H35NO4/c1-5-25-11-22(4)7-6-19(27)24-17(22)8-15(20(24)25)23-10-14(12(2)21(23)28)16(9-18(23)24)29-13(3)26/h14-21,27-28H,2,5-11H2,1,3-4H3/t14-,15+,16+,17-,18-,19+,20?,21-,22+,23+,24+/m1/s1. The smallest absolute Gasteiger partial charge is 0.302 e. The molecule has 6 fully saturated rings. The monoisotopic (exact) mass is 401 g/mol. The Labute approximate surface area is 173 Å². The number of ether oxygens (including phenoxy) is 1. The van der Waals surface area contributed by atoms with E-state index in [0.29, 0.717) is 17.9 Å². The molecule has 0 aromatic heterocycles. The van der Waals surface area contributed by atoms with Crippen molar-refractivity contribution in [2.45, 2.75) is 77.2 Å². The molecule has 5 nitrogen and oxygen atoms in total. The summed E-state index contributed by atoms with van der Waals surface area (Å²) in [5.74, 6) is 0.914. The van der Waals surface area contributed by atoms with Crippen LogP contribution in [0.15, 0.2) is 12.2 Å². The molecule has 0 aromatic rings. The Balaban J connectivity index is 1.55. The largest absolute Gasteiger partial charge is 0.462 e. The fraction of sp³-hybridized carbons (Fsp3) is 0.875. The fourth-order valence-corrected chi connectivity index (χ4v) is 10.3. The van der Waals surface area contributed by atoms with E-state index in [1.807, 2.05) is 0 Å². The predicted molar refractivity (Wildman–Crippen MR) is 108 cm³/mol. The van der Waals surface area contributed by atoms with Crippen molar-refractivity contribution in [3.8, 4) is 0 Å². The topological polar surface area (TPSA) is 70.0 Å². The van der Waals surface area contributed by atoms with Crippen LogP contribution in [-0.2, 0) is 9.53 Å². The Morgan fingerprint density at radius 3 is 2.76 bits per heavy atom. The van der Waals surface area contributed by atoms with Crippen LogP contribution >= 0.6 is 0 Å². The molecule has 2 N–H and O–H groups in total. The van der Waals surface area contributed by atoms with Gasteiger partial charge in [-0.1, -0.05) is 20.4 Å². The number of nitrogens with zero attached hydrogens (tertiary/aromatic N) is 1. The SMILES string of the molecule is C=C1[C@H]2C[C@@]3([C@@H]1O)[C@@H](C[C@@H]2OC(C)=O)[C@@]12C4[C@@H]3C[C@@H]1[C@@](C)(CC[C@@H]2O)CN4CC. The first kappa shape index (κ1) is 18.8. The van der Waals surface area contributed by atoms with Gasteiger partial charge in [0.15, 0.2) is 0 Å². The summed E-state index contributed by atoms with van der Waals surface area (Å²) < 4.78 is 5.82. The molecule has 6 rings (SSSR count). The summed E-state index contributed by atoms with van der Waals surface area (Å²) >= 11 is 0. The Bertz CT molecular complexity index is 798. The minimum Gasteiger partial charge on any atom is -0.462 e. The number of likely N-dealkylation sites (tertiary alicyclic amines) is 1. The molecule has 5 heteroatoms. The molecule has 5 saturated carbocycles. The molecule has 1 unspecified atom stereocenters. The summed E-state index contributed by atoms with van der Waals surface area (Å²) in [6, 6.07) is 0.336. The molecular weight excluding hydrogens is 366 g/mol. The zero-order valence-electron chi connectivity index (χ0n) is 17.9. The normalized spacial score (nSPS) is 59.7. The Hall–Kier alpha value is -0.910. The highest BCUT2D eigenvalue weighted by molar-refractivity contribution is 5.66. The lowest BCUT2D eigenvalue weighted by Crippen LogP contribution is -2.68. The van der Waals surface area contributed by atoms with Gasteiger partial charge in [0.2, 0.25) is 0 Å². The van der Waals surface area contributed by atoms with E-state index in [1.54, 1.807) is 0 Å². The van der Waals surface area contributed by atoms with Crippen LogP contribution in [0, 0.1) is 39.9 Å². The van der Waals surface area contributed by atoms with E-state index >= 15 is 0 Å². The average Bonchev–Trinajstić information content (AvgIpc) is 3.19. The lowest BCUT2D eigenvalue weighted by Gasteiger charge is -2.65. The lowest BCUT2D eigenvalue weighted by atomic mass is 9.43. The first-order chi connectivity index (χ1) is 13.7. The number of carbonyl (C=O) groups is 1. The zero-order valence-corrected chi connectivity index (χ0v) is 17.9. The van der Waals surface area contributed by atoms with Crippen LogP contribution in [0.5, 0.6) is 0 Å². The fourth-order valence-electron chi connectivity index (χ4n) is 10.3. The number of fused-ring (bicyclic) bond motifs is 1. The number of aliphatic hydroxyl groups is 2. The van der Waals surface area contributed by atoms with Gasteiger partial charge in [-0.3, -0.25) is 9.69 Å². The van der Waals surface area contributed by atoms with Crippen molar-refractivity contribution in [1.82, 2.24) is 4.90 Å². The first-order valence-corrected chi connectivity index (χ1v) is 11.7. The van der Waals surface area contributed by atoms with Crippen LogP contribution in [0.3, 0.4) is 0 Å². The van der Waals surface area contributed by atoms with Gasteiger partial charge in [-0.15, -0.1) is 0 Å². The minimum atomic E-state index is -0.539. The third-order valence-electron chi connectivity index (χ3n) is 10.8. The molecule has 5 aliphatic carbocycles. The zero-order chi connectivity index (χ0) is 20.5. The van der Waals surface area contributed by atoms with Gasteiger partial charge in [0.05, 0.1) is 12.2 Å². The molecule has 1 saturated heterocycles. The van der Waals surface area contributed by atoms with Gasteiger partial charge < -0.3 is 14.9 Å². The van der Waals surface area contributed by atoms with Gasteiger partial charge in [-0.05, 0) is 67.4 Å². The molecule has 0 radical (unpaired) electrons. The molecule has 1 aliphatic heterocycles. The van der Waals surface area contributed by atoms with Gasteiger partial charge in [0.1, 0.15) is 6.10 Å². The van der Waals surface area contributed by atoms with Crippen molar-refractivity contribution < 1.29 is 19.7 Å². The number of hydrogen-bond acceptors (Lipinski definition) is 5. The number of esters is 1. The minimum absolute atomic E-state index is 0.0583. The number of carbonyl (C=O) groups excluding carboxylic acids is 1. The number of rotatable bonds is 2. The second-order valence-corrected chi connectivity index (χ2v) is 11.4. The van der Waals surface area contributed by atoms with E-state index in [0.717, 1.165) is 50.8 Å². The second-order valence-electron chi connectivity index (χ2n) is 11.4. The third-order valence-corrected chi connectivity index (χ3v) is 10.8. The van der Waals surface area contributed by atoms with Crippen molar-refractivity contribution in [2.75, 3.05) is 13.1 Å². The number of piperidine rings is 1. The van der Waals surface area contributed by atoms with Crippen molar-refractivity contribution in [2.24, 2.45) is 39.9 Å². The van der Waals surface area contributed by atoms with Crippen molar-refractivity contribution in [1.29, 1.82) is 0 Å². The molecule has 0 amide bonds. The summed E-state index contributed by atoms with van der Waals surface area (Å²) in [7, 11) is 0. The summed E-state index contributed by atoms with van der Waals surface area (Å²) in [5, 5.41) is 23.2. The maximum Gasteiger partial charge on any atom is 0.302 e. The molecule has 29 heavy (non-hydrogen) atoms. The second kappa shape index (κ2) is 5.46. The van der Waals surface area contributed by atoms with Crippen LogP contribution in [0.4, 0.5) is 0 Å². The molecule has 1 heterocycles. The highest BCUT2D eigenvalue weighted by Gasteiger charge is 2.85.